The first-order valence-corrected chi connectivity index (χ1v) is 11.1. The Morgan fingerprint density at radius 3 is 2.62 bits per heavy atom. The molecule has 0 aliphatic carbocycles. The van der Waals surface area contributed by atoms with Gasteiger partial charge in [-0.2, -0.15) is 0 Å². The molecule has 0 aliphatic heterocycles. The average Bonchev–Trinajstić information content (AvgIpc) is 2.59. The molecular weight excluding hydrogens is 417 g/mol. The molecule has 0 unspecified atom stereocenters. The topological polar surface area (TPSA) is 79.4 Å². The molecule has 1 aromatic heterocycles. The monoisotopic (exact) mass is 433 g/mol. The van der Waals surface area contributed by atoms with Crippen molar-refractivity contribution in [2.45, 2.75) is 5.03 Å². The van der Waals surface area contributed by atoms with Crippen LogP contribution in [0.25, 0.3) is 0 Å². The zero-order chi connectivity index (χ0) is 19.2. The molecule has 0 fully saturated rings. The Morgan fingerprint density at radius 1 is 1.23 bits per heavy atom. The molecule has 0 radical (unpaired) electrons. The van der Waals surface area contributed by atoms with E-state index in [9.17, 15) is 13.2 Å². The van der Waals surface area contributed by atoms with Crippen molar-refractivity contribution in [1.82, 2.24) is 10.3 Å². The minimum atomic E-state index is -3.66. The quantitative estimate of drug-likeness (QED) is 0.510. The minimum Gasteiger partial charge on any atom is -0.354 e. The molecule has 0 spiro atoms. The van der Waals surface area contributed by atoms with E-state index >= 15 is 0 Å². The van der Waals surface area contributed by atoms with Crippen LogP contribution < -0.4 is 9.62 Å². The van der Waals surface area contributed by atoms with Crippen molar-refractivity contribution in [3.05, 3.63) is 52.6 Å². The fourth-order valence-corrected chi connectivity index (χ4v) is 3.87. The van der Waals surface area contributed by atoms with Crippen LogP contribution in [0, 0.1) is 0 Å². The van der Waals surface area contributed by atoms with Crippen molar-refractivity contribution in [1.29, 1.82) is 0 Å². The van der Waals surface area contributed by atoms with Crippen molar-refractivity contribution >= 4 is 56.6 Å². The van der Waals surface area contributed by atoms with Gasteiger partial charge >= 0.3 is 0 Å². The highest BCUT2D eigenvalue weighted by Gasteiger charge is 2.21. The van der Waals surface area contributed by atoms with Gasteiger partial charge in [0.15, 0.2) is 0 Å². The molecule has 1 N–H and O–H groups in total. The molecule has 1 aromatic carbocycles. The van der Waals surface area contributed by atoms with Crippen molar-refractivity contribution < 1.29 is 13.2 Å². The van der Waals surface area contributed by atoms with Crippen LogP contribution in [0.15, 0.2) is 47.6 Å². The number of nitrogens with zero attached hydrogens (tertiary/aromatic N) is 2. The molecule has 140 valence electrons. The highest BCUT2D eigenvalue weighted by Crippen LogP contribution is 2.28. The van der Waals surface area contributed by atoms with E-state index in [4.69, 9.17) is 23.2 Å². The smallest absolute Gasteiger partial charge is 0.240 e. The van der Waals surface area contributed by atoms with Gasteiger partial charge in [-0.05, 0) is 30.3 Å². The van der Waals surface area contributed by atoms with Crippen LogP contribution in [0.4, 0.5) is 5.69 Å². The Bertz CT molecular complexity index is 864. The molecule has 2 rings (SSSR count). The van der Waals surface area contributed by atoms with Gasteiger partial charge in [-0.25, -0.2) is 13.4 Å². The zero-order valence-electron chi connectivity index (χ0n) is 13.9. The Morgan fingerprint density at radius 2 is 2.00 bits per heavy atom. The van der Waals surface area contributed by atoms with E-state index in [1.807, 2.05) is 18.2 Å². The van der Waals surface area contributed by atoms with Crippen molar-refractivity contribution in [2.75, 3.05) is 29.4 Å². The van der Waals surface area contributed by atoms with E-state index in [2.05, 4.69) is 10.3 Å². The third kappa shape index (κ3) is 6.35. The summed E-state index contributed by atoms with van der Waals surface area (Å²) in [6, 6.07) is 9.99. The van der Waals surface area contributed by atoms with Crippen LogP contribution in [0.2, 0.25) is 10.0 Å². The summed E-state index contributed by atoms with van der Waals surface area (Å²) in [6.45, 7) is 0.0457. The third-order valence-electron chi connectivity index (χ3n) is 3.19. The Labute approximate surface area is 166 Å². The second-order valence-corrected chi connectivity index (χ2v) is 9.07. The van der Waals surface area contributed by atoms with Crippen molar-refractivity contribution in [3.63, 3.8) is 0 Å². The summed E-state index contributed by atoms with van der Waals surface area (Å²) < 4.78 is 25.1. The maximum atomic E-state index is 12.1. The number of thioether (sulfide) groups is 1. The van der Waals surface area contributed by atoms with Crippen LogP contribution in [0.3, 0.4) is 0 Å². The van der Waals surface area contributed by atoms with E-state index < -0.39 is 15.9 Å². The van der Waals surface area contributed by atoms with Crippen molar-refractivity contribution in [2.24, 2.45) is 0 Å². The summed E-state index contributed by atoms with van der Waals surface area (Å²) in [6.07, 6.45) is 2.72. The molecule has 0 aliphatic rings. The number of anilines is 1. The molecule has 0 atom stereocenters. The van der Waals surface area contributed by atoms with Gasteiger partial charge in [0.05, 0.1) is 27.0 Å². The van der Waals surface area contributed by atoms with Crippen LogP contribution >= 0.6 is 35.0 Å². The summed E-state index contributed by atoms with van der Waals surface area (Å²) in [7, 11) is -3.66. The van der Waals surface area contributed by atoms with E-state index in [0.29, 0.717) is 17.3 Å². The first-order valence-electron chi connectivity index (χ1n) is 7.50. The summed E-state index contributed by atoms with van der Waals surface area (Å²) in [5.74, 6) is 0.206. The van der Waals surface area contributed by atoms with Gasteiger partial charge in [-0.15, -0.1) is 11.8 Å². The van der Waals surface area contributed by atoms with Gasteiger partial charge in [0.2, 0.25) is 15.9 Å². The second kappa shape index (κ2) is 9.45. The number of carbonyl (C=O) groups is 1. The number of benzene rings is 1. The first kappa shape index (κ1) is 20.8. The predicted molar refractivity (Wildman–Crippen MR) is 107 cm³/mol. The molecule has 6 nitrogen and oxygen atoms in total. The number of rotatable bonds is 8. The van der Waals surface area contributed by atoms with E-state index in [0.717, 1.165) is 15.6 Å². The number of nitrogens with one attached hydrogen (secondary N) is 1. The lowest BCUT2D eigenvalue weighted by molar-refractivity contribution is -0.119. The zero-order valence-corrected chi connectivity index (χ0v) is 17.0. The number of pyridine rings is 1. The Balaban J connectivity index is 1.93. The molecule has 0 bridgehead atoms. The van der Waals surface area contributed by atoms with Gasteiger partial charge < -0.3 is 5.32 Å². The maximum absolute atomic E-state index is 12.1. The van der Waals surface area contributed by atoms with E-state index in [1.54, 1.807) is 6.20 Å². The van der Waals surface area contributed by atoms with Crippen molar-refractivity contribution in [3.8, 4) is 0 Å². The van der Waals surface area contributed by atoms with Gasteiger partial charge in [-0.1, -0.05) is 29.3 Å². The van der Waals surface area contributed by atoms with E-state index in [1.165, 1.54) is 30.0 Å². The standard InChI is InChI=1S/C16H17Cl2N3O3S2/c1-26(23,24)21(12-5-6-13(17)14(18)10-12)11-15(22)19-8-9-25-16-4-2-3-7-20-16/h2-7,10H,8-9,11H2,1H3,(H,19,22). The lowest BCUT2D eigenvalue weighted by atomic mass is 10.3. The lowest BCUT2D eigenvalue weighted by Gasteiger charge is -2.22. The largest absolute Gasteiger partial charge is 0.354 e. The fraction of sp³-hybridized carbons (Fsp3) is 0.250. The molecule has 2 aromatic rings. The lowest BCUT2D eigenvalue weighted by Crippen LogP contribution is -2.41. The fourth-order valence-electron chi connectivity index (χ4n) is 2.01. The summed E-state index contributed by atoms with van der Waals surface area (Å²) in [5.41, 5.74) is 0.278. The van der Waals surface area contributed by atoms with Gasteiger partial charge in [0.1, 0.15) is 6.54 Å². The summed E-state index contributed by atoms with van der Waals surface area (Å²) in [5, 5.41) is 4.07. The number of amides is 1. The summed E-state index contributed by atoms with van der Waals surface area (Å²) in [4.78, 5) is 16.3. The van der Waals surface area contributed by atoms with Gasteiger partial charge in [-0.3, -0.25) is 9.10 Å². The third-order valence-corrected chi connectivity index (χ3v) is 6.02. The Kier molecular flexibility index (Phi) is 7.57. The van der Waals surface area contributed by atoms with Crippen LogP contribution in [0.1, 0.15) is 0 Å². The number of aromatic nitrogens is 1. The van der Waals surface area contributed by atoms with Gasteiger partial charge in [0, 0.05) is 18.5 Å². The number of hydrogen-bond acceptors (Lipinski definition) is 5. The number of hydrogen-bond donors (Lipinski definition) is 1. The average molecular weight is 434 g/mol. The van der Waals surface area contributed by atoms with E-state index in [-0.39, 0.29) is 17.3 Å². The molecule has 1 amide bonds. The van der Waals surface area contributed by atoms with Crippen LogP contribution in [-0.4, -0.2) is 44.4 Å². The van der Waals surface area contributed by atoms with Crippen LogP contribution in [-0.2, 0) is 14.8 Å². The highest BCUT2D eigenvalue weighted by atomic mass is 35.5. The first-order chi connectivity index (χ1) is 12.3. The number of sulfonamides is 1. The molecular formula is C16H17Cl2N3O3S2. The number of halogens is 2. The normalized spacial score (nSPS) is 11.2. The second-order valence-electron chi connectivity index (χ2n) is 5.23. The SMILES string of the molecule is CS(=O)(=O)N(CC(=O)NCCSc1ccccn1)c1ccc(Cl)c(Cl)c1. The number of carbonyl (C=O) groups excluding carboxylic acids is 1. The van der Waals surface area contributed by atoms with Gasteiger partial charge in [0.25, 0.3) is 0 Å². The molecule has 0 saturated carbocycles. The van der Waals surface area contributed by atoms with Crippen LogP contribution in [0.5, 0.6) is 0 Å². The molecule has 10 heteroatoms. The molecule has 26 heavy (non-hydrogen) atoms. The Hall–Kier alpha value is -1.48. The summed E-state index contributed by atoms with van der Waals surface area (Å²) >= 11 is 13.3. The minimum absolute atomic E-state index is 0.213. The predicted octanol–water partition coefficient (Wildman–Crippen LogP) is 3.06. The molecule has 0 saturated heterocycles. The highest BCUT2D eigenvalue weighted by molar-refractivity contribution is 7.99. The molecule has 1 heterocycles. The maximum Gasteiger partial charge on any atom is 0.240 e.